The molecule has 112 valence electrons. The van der Waals surface area contributed by atoms with Gasteiger partial charge in [-0.1, -0.05) is 6.92 Å². The minimum Gasteiger partial charge on any atom is -0.497 e. The number of nitrogens with one attached hydrogen (secondary N) is 1. The molecular weight excluding hydrogens is 278 g/mol. The Morgan fingerprint density at radius 2 is 2.00 bits per heavy atom. The van der Waals surface area contributed by atoms with E-state index in [9.17, 15) is 8.42 Å². The van der Waals surface area contributed by atoms with Crippen molar-refractivity contribution < 1.29 is 13.2 Å². The quantitative estimate of drug-likeness (QED) is 0.828. The van der Waals surface area contributed by atoms with Crippen molar-refractivity contribution in [1.29, 1.82) is 0 Å². The molecule has 0 aromatic heterocycles. The number of piperidine rings is 1. The number of nitrogens with zero attached hydrogens (tertiary/aromatic N) is 1. The zero-order valence-electron chi connectivity index (χ0n) is 11.8. The van der Waals surface area contributed by atoms with Crippen molar-refractivity contribution in [1.82, 2.24) is 4.31 Å². The predicted molar refractivity (Wildman–Crippen MR) is 79.9 cm³/mol. The Labute approximate surface area is 120 Å². The third-order valence-electron chi connectivity index (χ3n) is 3.58. The van der Waals surface area contributed by atoms with Crippen LogP contribution in [0.2, 0.25) is 0 Å². The normalized spacial score (nSPS) is 17.9. The molecule has 1 aromatic rings. The first kappa shape index (κ1) is 14.9. The third-order valence-corrected chi connectivity index (χ3v) is 5.10. The minimum atomic E-state index is -3.54. The summed E-state index contributed by atoms with van der Waals surface area (Å²) in [7, 11) is -2.00. The van der Waals surface area contributed by atoms with Gasteiger partial charge in [0.15, 0.2) is 0 Å². The summed E-state index contributed by atoms with van der Waals surface area (Å²) in [4.78, 5) is 0. The van der Waals surface area contributed by atoms with Gasteiger partial charge in [0.2, 0.25) is 0 Å². The fraction of sp³-hybridized carbons (Fsp3) is 0.538. The van der Waals surface area contributed by atoms with Gasteiger partial charge in [-0.15, -0.1) is 0 Å². The van der Waals surface area contributed by atoms with Crippen LogP contribution in [0.4, 0.5) is 11.4 Å². The molecule has 0 radical (unpaired) electrons. The molecule has 1 heterocycles. The van der Waals surface area contributed by atoms with E-state index in [2.05, 4.69) is 11.6 Å². The van der Waals surface area contributed by atoms with Gasteiger partial charge in [0, 0.05) is 19.2 Å². The molecule has 1 aliphatic rings. The second-order valence-corrected chi connectivity index (χ2v) is 6.81. The topological polar surface area (TPSA) is 84.7 Å². The van der Waals surface area contributed by atoms with Crippen LogP contribution < -0.4 is 15.2 Å². The van der Waals surface area contributed by atoms with E-state index in [-0.39, 0.29) is 0 Å². The van der Waals surface area contributed by atoms with Crippen LogP contribution in [0.1, 0.15) is 19.8 Å². The second kappa shape index (κ2) is 5.88. The molecule has 0 saturated carbocycles. The molecule has 2 rings (SSSR count). The number of ether oxygens (including phenoxy) is 1. The number of benzene rings is 1. The monoisotopic (exact) mass is 299 g/mol. The van der Waals surface area contributed by atoms with Crippen molar-refractivity contribution in [3.63, 3.8) is 0 Å². The van der Waals surface area contributed by atoms with Gasteiger partial charge < -0.3 is 10.5 Å². The van der Waals surface area contributed by atoms with E-state index in [4.69, 9.17) is 10.5 Å². The Balaban J connectivity index is 2.12. The SMILES string of the molecule is COc1ccc(NS(=O)(=O)N2CCC(C)CC2)c(N)c1. The summed E-state index contributed by atoms with van der Waals surface area (Å²) >= 11 is 0. The largest absolute Gasteiger partial charge is 0.497 e. The van der Waals surface area contributed by atoms with Gasteiger partial charge in [-0.2, -0.15) is 12.7 Å². The number of rotatable bonds is 4. The molecule has 6 nitrogen and oxygen atoms in total. The average Bonchev–Trinajstić information content (AvgIpc) is 2.41. The molecule has 1 saturated heterocycles. The van der Waals surface area contributed by atoms with Crippen LogP contribution in [-0.2, 0) is 10.2 Å². The maximum atomic E-state index is 12.3. The Morgan fingerprint density at radius 3 is 2.55 bits per heavy atom. The highest BCUT2D eigenvalue weighted by Crippen LogP contribution is 2.26. The number of hydrogen-bond donors (Lipinski definition) is 2. The molecule has 0 atom stereocenters. The number of anilines is 2. The van der Waals surface area contributed by atoms with Crippen molar-refractivity contribution in [2.24, 2.45) is 5.92 Å². The van der Waals surface area contributed by atoms with E-state index in [1.54, 1.807) is 18.2 Å². The Hall–Kier alpha value is -1.47. The van der Waals surface area contributed by atoms with E-state index in [1.165, 1.54) is 11.4 Å². The highest BCUT2D eigenvalue weighted by molar-refractivity contribution is 7.90. The van der Waals surface area contributed by atoms with Crippen LogP contribution >= 0.6 is 0 Å². The maximum absolute atomic E-state index is 12.3. The minimum absolute atomic E-state index is 0.346. The molecule has 1 aromatic carbocycles. The zero-order chi connectivity index (χ0) is 14.8. The van der Waals surface area contributed by atoms with Gasteiger partial charge in [-0.3, -0.25) is 4.72 Å². The number of hydrogen-bond acceptors (Lipinski definition) is 4. The van der Waals surface area contributed by atoms with Crippen LogP contribution in [0.5, 0.6) is 5.75 Å². The van der Waals surface area contributed by atoms with Crippen LogP contribution in [0.15, 0.2) is 18.2 Å². The molecule has 0 spiro atoms. The molecule has 1 aliphatic heterocycles. The zero-order valence-corrected chi connectivity index (χ0v) is 12.6. The molecule has 0 bridgehead atoms. The first-order chi connectivity index (χ1) is 9.42. The summed E-state index contributed by atoms with van der Waals surface area (Å²) in [5, 5.41) is 0. The Bertz CT molecular complexity index is 566. The van der Waals surface area contributed by atoms with E-state index in [1.807, 2.05) is 0 Å². The lowest BCUT2D eigenvalue weighted by Crippen LogP contribution is -2.41. The van der Waals surface area contributed by atoms with Crippen molar-refractivity contribution in [3.8, 4) is 5.75 Å². The molecule has 0 amide bonds. The average molecular weight is 299 g/mol. The summed E-state index contributed by atoms with van der Waals surface area (Å²) in [6.45, 7) is 3.23. The third kappa shape index (κ3) is 3.34. The van der Waals surface area contributed by atoms with Gasteiger partial charge >= 0.3 is 10.2 Å². The van der Waals surface area contributed by atoms with E-state index in [0.717, 1.165) is 12.8 Å². The summed E-state index contributed by atoms with van der Waals surface area (Å²) in [6, 6.07) is 4.88. The fourth-order valence-corrected chi connectivity index (χ4v) is 3.47. The molecule has 0 unspecified atom stereocenters. The highest BCUT2D eigenvalue weighted by Gasteiger charge is 2.26. The standard InChI is InChI=1S/C13H21N3O3S/c1-10-5-7-16(8-6-10)20(17,18)15-13-4-3-11(19-2)9-12(13)14/h3-4,9-10,15H,5-8,14H2,1-2H3. The molecule has 3 N–H and O–H groups in total. The number of nitrogen functional groups attached to an aromatic ring is 1. The molecule has 20 heavy (non-hydrogen) atoms. The Kier molecular flexibility index (Phi) is 4.39. The predicted octanol–water partition coefficient (Wildman–Crippen LogP) is 1.67. The highest BCUT2D eigenvalue weighted by atomic mass is 32.2. The molecular formula is C13H21N3O3S. The van der Waals surface area contributed by atoms with Gasteiger partial charge in [-0.25, -0.2) is 0 Å². The summed E-state index contributed by atoms with van der Waals surface area (Å²) in [5.41, 5.74) is 6.56. The first-order valence-electron chi connectivity index (χ1n) is 6.64. The fourth-order valence-electron chi connectivity index (χ4n) is 2.19. The van der Waals surface area contributed by atoms with Crippen molar-refractivity contribution in [2.75, 3.05) is 30.7 Å². The lowest BCUT2D eigenvalue weighted by molar-refractivity contribution is 0.289. The van der Waals surface area contributed by atoms with Crippen molar-refractivity contribution in [2.45, 2.75) is 19.8 Å². The van der Waals surface area contributed by atoms with Crippen LogP contribution in [0, 0.1) is 5.92 Å². The van der Waals surface area contributed by atoms with E-state index >= 15 is 0 Å². The summed E-state index contributed by atoms with van der Waals surface area (Å²) in [5.74, 6) is 1.17. The maximum Gasteiger partial charge on any atom is 0.301 e. The van der Waals surface area contributed by atoms with Gasteiger partial charge in [0.25, 0.3) is 0 Å². The molecule has 1 fully saturated rings. The van der Waals surface area contributed by atoms with Gasteiger partial charge in [0.1, 0.15) is 5.75 Å². The Morgan fingerprint density at radius 1 is 1.35 bits per heavy atom. The molecule has 0 aliphatic carbocycles. The van der Waals surface area contributed by atoms with Crippen LogP contribution in [-0.4, -0.2) is 32.9 Å². The lowest BCUT2D eigenvalue weighted by atomic mass is 10.0. The van der Waals surface area contributed by atoms with Gasteiger partial charge in [-0.05, 0) is 30.9 Å². The summed E-state index contributed by atoms with van der Waals surface area (Å²) in [6.07, 6.45) is 1.78. The molecule has 7 heteroatoms. The van der Waals surface area contributed by atoms with E-state index in [0.29, 0.717) is 36.1 Å². The van der Waals surface area contributed by atoms with Crippen molar-refractivity contribution in [3.05, 3.63) is 18.2 Å². The first-order valence-corrected chi connectivity index (χ1v) is 8.08. The van der Waals surface area contributed by atoms with E-state index < -0.39 is 10.2 Å². The van der Waals surface area contributed by atoms with Crippen molar-refractivity contribution >= 4 is 21.6 Å². The second-order valence-electron chi connectivity index (χ2n) is 5.14. The van der Waals surface area contributed by atoms with Crippen LogP contribution in [0.3, 0.4) is 0 Å². The lowest BCUT2D eigenvalue weighted by Gasteiger charge is -2.29. The van der Waals surface area contributed by atoms with Crippen LogP contribution in [0.25, 0.3) is 0 Å². The smallest absolute Gasteiger partial charge is 0.301 e. The number of methoxy groups -OCH3 is 1. The summed E-state index contributed by atoms with van der Waals surface area (Å²) < 4.78 is 33.6. The van der Waals surface area contributed by atoms with Gasteiger partial charge in [0.05, 0.1) is 18.5 Å². The number of nitrogens with two attached hydrogens (primary N) is 1.